The SMILES string of the molecule is C[Si](C)(C)C#Cc1cnc2cccn2c1. The molecule has 76 valence electrons. The van der Waals surface area contributed by atoms with Gasteiger partial charge in [0, 0.05) is 18.6 Å². The third-order valence-electron chi connectivity index (χ3n) is 1.95. The first-order valence-corrected chi connectivity index (χ1v) is 8.50. The van der Waals surface area contributed by atoms with E-state index in [2.05, 4.69) is 36.1 Å². The molecule has 0 saturated heterocycles. The Morgan fingerprint density at radius 2 is 2.13 bits per heavy atom. The third-order valence-corrected chi connectivity index (χ3v) is 2.83. The van der Waals surface area contributed by atoms with Gasteiger partial charge >= 0.3 is 0 Å². The Bertz CT molecular complexity index is 538. The number of hydrogen-bond acceptors (Lipinski definition) is 1. The first kappa shape index (κ1) is 10.0. The molecule has 2 heterocycles. The van der Waals surface area contributed by atoms with Crippen LogP contribution in [0.2, 0.25) is 19.6 Å². The molecule has 0 spiro atoms. The predicted molar refractivity (Wildman–Crippen MR) is 65.4 cm³/mol. The molecule has 0 N–H and O–H groups in total. The van der Waals surface area contributed by atoms with E-state index in [-0.39, 0.29) is 0 Å². The Morgan fingerprint density at radius 3 is 2.87 bits per heavy atom. The molecule has 0 unspecified atom stereocenters. The summed E-state index contributed by atoms with van der Waals surface area (Å²) in [5.74, 6) is 3.19. The van der Waals surface area contributed by atoms with Crippen LogP contribution in [0.25, 0.3) is 5.65 Å². The first-order chi connectivity index (χ1) is 7.04. The van der Waals surface area contributed by atoms with Crippen LogP contribution < -0.4 is 0 Å². The van der Waals surface area contributed by atoms with E-state index in [0.717, 1.165) is 11.2 Å². The summed E-state index contributed by atoms with van der Waals surface area (Å²) in [5.41, 5.74) is 5.28. The number of hydrogen-bond donors (Lipinski definition) is 0. The minimum Gasteiger partial charge on any atom is -0.307 e. The van der Waals surface area contributed by atoms with Crippen LogP contribution in [0, 0.1) is 11.5 Å². The lowest BCUT2D eigenvalue weighted by Gasteiger charge is -2.03. The van der Waals surface area contributed by atoms with Crippen molar-refractivity contribution in [1.29, 1.82) is 0 Å². The van der Waals surface area contributed by atoms with Crippen molar-refractivity contribution in [1.82, 2.24) is 9.38 Å². The van der Waals surface area contributed by atoms with E-state index in [1.807, 2.05) is 35.1 Å². The third kappa shape index (κ3) is 2.48. The van der Waals surface area contributed by atoms with Crippen LogP contribution in [0.15, 0.2) is 30.7 Å². The molecular weight excluding hydrogens is 200 g/mol. The maximum atomic E-state index is 4.32. The zero-order chi connectivity index (χ0) is 10.9. The van der Waals surface area contributed by atoms with E-state index in [1.54, 1.807) is 0 Å². The fourth-order valence-electron chi connectivity index (χ4n) is 1.25. The summed E-state index contributed by atoms with van der Waals surface area (Å²) in [7, 11) is -1.29. The van der Waals surface area contributed by atoms with Crippen molar-refractivity contribution in [2.75, 3.05) is 0 Å². The Morgan fingerprint density at radius 1 is 1.33 bits per heavy atom. The van der Waals surface area contributed by atoms with Crippen LogP contribution in [-0.4, -0.2) is 17.5 Å². The predicted octanol–water partition coefficient (Wildman–Crippen LogP) is 2.56. The molecule has 0 atom stereocenters. The van der Waals surface area contributed by atoms with Gasteiger partial charge in [-0.15, -0.1) is 5.54 Å². The summed E-state index contributed by atoms with van der Waals surface area (Å²) < 4.78 is 1.99. The van der Waals surface area contributed by atoms with Crippen LogP contribution in [0.3, 0.4) is 0 Å². The van der Waals surface area contributed by atoms with Crippen LogP contribution in [0.1, 0.15) is 5.56 Å². The van der Waals surface area contributed by atoms with Crippen molar-refractivity contribution in [2.45, 2.75) is 19.6 Å². The molecular formula is C12H14N2Si. The largest absolute Gasteiger partial charge is 0.307 e. The molecule has 2 aromatic rings. The standard InChI is InChI=1S/C12H14N2Si/c1-15(2,3)8-6-11-9-13-12-5-4-7-14(12)10-11/h4-5,7,9-10H,1-3H3. The van der Waals surface area contributed by atoms with E-state index >= 15 is 0 Å². The number of aromatic nitrogens is 2. The lowest BCUT2D eigenvalue weighted by Crippen LogP contribution is -2.16. The van der Waals surface area contributed by atoms with Crippen molar-refractivity contribution < 1.29 is 0 Å². The van der Waals surface area contributed by atoms with Crippen LogP contribution in [0.4, 0.5) is 0 Å². The molecule has 0 amide bonds. The smallest absolute Gasteiger partial charge is 0.136 e. The van der Waals surface area contributed by atoms with Crippen molar-refractivity contribution in [3.05, 3.63) is 36.3 Å². The molecule has 0 aliphatic heterocycles. The van der Waals surface area contributed by atoms with Crippen LogP contribution in [0.5, 0.6) is 0 Å². The van der Waals surface area contributed by atoms with Gasteiger partial charge in [0.1, 0.15) is 13.7 Å². The highest BCUT2D eigenvalue weighted by molar-refractivity contribution is 6.83. The van der Waals surface area contributed by atoms with Crippen molar-refractivity contribution in [3.63, 3.8) is 0 Å². The highest BCUT2D eigenvalue weighted by Gasteiger charge is 2.07. The van der Waals surface area contributed by atoms with Gasteiger partial charge in [0.2, 0.25) is 0 Å². The van der Waals surface area contributed by atoms with Gasteiger partial charge in [0.05, 0.1) is 5.56 Å². The number of rotatable bonds is 0. The fraction of sp³-hybridized carbons (Fsp3) is 0.250. The van der Waals surface area contributed by atoms with Gasteiger partial charge < -0.3 is 4.40 Å². The topological polar surface area (TPSA) is 17.3 Å². The molecule has 0 radical (unpaired) electrons. The van der Waals surface area contributed by atoms with E-state index in [4.69, 9.17) is 0 Å². The van der Waals surface area contributed by atoms with Crippen molar-refractivity contribution in [2.24, 2.45) is 0 Å². The van der Waals surface area contributed by atoms with E-state index in [1.165, 1.54) is 0 Å². The van der Waals surface area contributed by atoms with E-state index in [0.29, 0.717) is 0 Å². The van der Waals surface area contributed by atoms with E-state index < -0.39 is 8.07 Å². The monoisotopic (exact) mass is 214 g/mol. The lowest BCUT2D eigenvalue weighted by molar-refractivity contribution is 1.12. The Balaban J connectivity index is 2.39. The van der Waals surface area contributed by atoms with Gasteiger partial charge in [0.25, 0.3) is 0 Å². The van der Waals surface area contributed by atoms with Gasteiger partial charge in [-0.1, -0.05) is 25.6 Å². The van der Waals surface area contributed by atoms with Gasteiger partial charge in [-0.3, -0.25) is 0 Å². The Labute approximate surface area is 91.0 Å². The van der Waals surface area contributed by atoms with E-state index in [9.17, 15) is 0 Å². The molecule has 2 nitrogen and oxygen atoms in total. The molecule has 3 heteroatoms. The Hall–Kier alpha value is -1.53. The normalized spacial score (nSPS) is 11.1. The Kier molecular flexibility index (Phi) is 2.37. The second-order valence-electron chi connectivity index (χ2n) is 4.62. The summed E-state index contributed by atoms with van der Waals surface area (Å²) >= 11 is 0. The van der Waals surface area contributed by atoms with Gasteiger partial charge in [-0.2, -0.15) is 0 Å². The molecule has 2 rings (SSSR count). The van der Waals surface area contributed by atoms with Gasteiger partial charge in [0.15, 0.2) is 0 Å². The highest BCUT2D eigenvalue weighted by atomic mass is 28.3. The molecule has 0 bridgehead atoms. The first-order valence-electron chi connectivity index (χ1n) is 5.00. The summed E-state index contributed by atoms with van der Waals surface area (Å²) in [6.07, 6.45) is 5.85. The second-order valence-corrected chi connectivity index (χ2v) is 9.37. The molecule has 2 aromatic heterocycles. The fourth-order valence-corrected chi connectivity index (χ4v) is 1.77. The van der Waals surface area contributed by atoms with Crippen LogP contribution in [-0.2, 0) is 0 Å². The second kappa shape index (κ2) is 3.56. The molecule has 0 aliphatic carbocycles. The molecule has 0 aromatic carbocycles. The zero-order valence-corrected chi connectivity index (χ0v) is 10.3. The minimum absolute atomic E-state index is 0.966. The number of nitrogens with zero attached hydrogens (tertiary/aromatic N) is 2. The molecule has 0 aliphatic rings. The molecule has 0 fully saturated rings. The summed E-state index contributed by atoms with van der Waals surface area (Å²) in [6, 6.07) is 3.97. The summed E-state index contributed by atoms with van der Waals surface area (Å²) in [6.45, 7) is 6.71. The lowest BCUT2D eigenvalue weighted by atomic mass is 10.4. The van der Waals surface area contributed by atoms with Gasteiger partial charge in [-0.25, -0.2) is 4.98 Å². The highest BCUT2D eigenvalue weighted by Crippen LogP contribution is 2.03. The maximum Gasteiger partial charge on any atom is 0.136 e. The van der Waals surface area contributed by atoms with Crippen molar-refractivity contribution in [3.8, 4) is 11.5 Å². The van der Waals surface area contributed by atoms with Crippen molar-refractivity contribution >= 4 is 13.7 Å². The summed E-state index contributed by atoms with van der Waals surface area (Å²) in [4.78, 5) is 4.32. The molecule has 0 saturated carbocycles. The maximum absolute atomic E-state index is 4.32. The summed E-state index contributed by atoms with van der Waals surface area (Å²) in [5, 5.41) is 0. The van der Waals surface area contributed by atoms with Gasteiger partial charge in [-0.05, 0) is 12.1 Å². The average Bonchev–Trinajstić information content (AvgIpc) is 2.60. The van der Waals surface area contributed by atoms with Crippen LogP contribution >= 0.6 is 0 Å². The minimum atomic E-state index is -1.29. The average molecular weight is 214 g/mol. The quantitative estimate of drug-likeness (QED) is 0.486. The molecule has 15 heavy (non-hydrogen) atoms. The zero-order valence-electron chi connectivity index (χ0n) is 9.28. The number of fused-ring (bicyclic) bond motifs is 1.